The number of hydrogen-bond acceptors (Lipinski definition) is 5. The Morgan fingerprint density at radius 1 is 1.00 bits per heavy atom. The predicted molar refractivity (Wildman–Crippen MR) is 153 cm³/mol. The average Bonchev–Trinajstić information content (AvgIpc) is 2.92. The van der Waals surface area contributed by atoms with Gasteiger partial charge in [-0.25, -0.2) is 0 Å². The number of fused-ring (bicyclic) bond motifs is 1. The summed E-state index contributed by atoms with van der Waals surface area (Å²) in [6.45, 7) is 9.70. The Morgan fingerprint density at radius 2 is 1.71 bits per heavy atom. The highest BCUT2D eigenvalue weighted by Crippen LogP contribution is 2.42. The molecule has 0 spiro atoms. The van der Waals surface area contributed by atoms with E-state index in [-0.39, 0.29) is 18.4 Å². The van der Waals surface area contributed by atoms with E-state index in [0.29, 0.717) is 30.2 Å². The first-order valence-electron chi connectivity index (χ1n) is 12.9. The van der Waals surface area contributed by atoms with E-state index in [1.54, 1.807) is 12.1 Å². The molecule has 2 amide bonds. The van der Waals surface area contributed by atoms with Crippen LogP contribution in [0.5, 0.6) is 0 Å². The number of aryl methyl sites for hydroxylation is 2. The fourth-order valence-electron chi connectivity index (χ4n) is 4.26. The van der Waals surface area contributed by atoms with Gasteiger partial charge in [0.1, 0.15) is 0 Å². The van der Waals surface area contributed by atoms with Crippen LogP contribution in [0, 0.1) is 13.8 Å². The van der Waals surface area contributed by atoms with Gasteiger partial charge in [-0.05, 0) is 74.7 Å². The summed E-state index contributed by atoms with van der Waals surface area (Å²) >= 11 is 1.48. The van der Waals surface area contributed by atoms with Crippen molar-refractivity contribution < 1.29 is 19.1 Å². The van der Waals surface area contributed by atoms with Crippen molar-refractivity contribution in [1.29, 1.82) is 0 Å². The molecule has 3 aromatic rings. The maximum Gasteiger partial charge on any atom is 0.265 e. The Labute approximate surface area is 229 Å². The van der Waals surface area contributed by atoms with Crippen molar-refractivity contribution >= 4 is 35.3 Å². The number of ether oxygens (including phenoxy) is 2. The molecule has 7 heteroatoms. The summed E-state index contributed by atoms with van der Waals surface area (Å²) in [5, 5.41) is 2.86. The van der Waals surface area contributed by atoms with Crippen LogP contribution in [-0.4, -0.2) is 37.9 Å². The van der Waals surface area contributed by atoms with E-state index in [1.807, 2.05) is 61.2 Å². The lowest BCUT2D eigenvalue weighted by Crippen LogP contribution is -2.35. The fourth-order valence-corrected chi connectivity index (χ4v) is 5.32. The molecule has 198 valence electrons. The first-order chi connectivity index (χ1) is 18.4. The summed E-state index contributed by atoms with van der Waals surface area (Å²) in [6.07, 6.45) is 1.42. The highest BCUT2D eigenvalue weighted by Gasteiger charge is 2.29. The second kappa shape index (κ2) is 12.9. The minimum absolute atomic E-state index is 0.0330. The predicted octanol–water partition coefficient (Wildman–Crippen LogP) is 6.11. The first-order valence-corrected chi connectivity index (χ1v) is 13.7. The van der Waals surface area contributed by atoms with E-state index in [4.69, 9.17) is 9.47 Å². The molecule has 0 aromatic heterocycles. The third-order valence-electron chi connectivity index (χ3n) is 6.27. The lowest BCUT2D eigenvalue weighted by molar-refractivity contribution is -0.131. The fraction of sp³-hybridized carbons (Fsp3) is 0.290. The second-order valence-corrected chi connectivity index (χ2v) is 10.2. The Balaban J connectivity index is 1.52. The Morgan fingerprint density at radius 3 is 2.42 bits per heavy atom. The van der Waals surface area contributed by atoms with Crippen molar-refractivity contribution in [3.63, 3.8) is 0 Å². The maximum absolute atomic E-state index is 13.7. The van der Waals surface area contributed by atoms with Crippen LogP contribution >= 0.6 is 11.8 Å². The normalized spacial score (nSPS) is 14.2. The molecule has 0 bridgehead atoms. The number of benzene rings is 3. The number of thioether (sulfide) groups is 1. The van der Waals surface area contributed by atoms with Crippen LogP contribution in [0.25, 0.3) is 6.08 Å². The number of para-hydroxylation sites is 1. The van der Waals surface area contributed by atoms with Gasteiger partial charge in [-0.2, -0.15) is 0 Å². The molecule has 1 N–H and O–H groups in total. The van der Waals surface area contributed by atoms with E-state index in [9.17, 15) is 9.59 Å². The summed E-state index contributed by atoms with van der Waals surface area (Å²) in [6, 6.07) is 21.6. The SMILES string of the molecule is CCOC(CNC(=O)c1ccc(/C=C2/Sc3ccccc3N(Cc3cc(C)ccc3C)C2=O)cc1)OCC. The van der Waals surface area contributed by atoms with Gasteiger partial charge in [-0.3, -0.25) is 9.59 Å². The lowest BCUT2D eigenvalue weighted by Gasteiger charge is -2.31. The molecule has 38 heavy (non-hydrogen) atoms. The number of hydrogen-bond donors (Lipinski definition) is 1. The smallest absolute Gasteiger partial charge is 0.265 e. The molecule has 1 aliphatic rings. The van der Waals surface area contributed by atoms with Crippen molar-refractivity contribution in [1.82, 2.24) is 5.32 Å². The Hall–Kier alpha value is -3.39. The number of amides is 2. The topological polar surface area (TPSA) is 67.9 Å². The highest BCUT2D eigenvalue weighted by molar-refractivity contribution is 8.04. The molecular formula is C31H34N2O4S. The van der Waals surface area contributed by atoms with Crippen LogP contribution in [0.1, 0.15) is 46.5 Å². The summed E-state index contributed by atoms with van der Waals surface area (Å²) < 4.78 is 11.0. The molecule has 4 rings (SSSR count). The van der Waals surface area contributed by atoms with Crippen molar-refractivity contribution in [2.75, 3.05) is 24.7 Å². The maximum atomic E-state index is 13.7. The van der Waals surface area contributed by atoms with E-state index in [2.05, 4.69) is 37.4 Å². The zero-order valence-corrected chi connectivity index (χ0v) is 23.1. The summed E-state index contributed by atoms with van der Waals surface area (Å²) in [5.41, 5.74) is 5.76. The molecule has 0 atom stereocenters. The number of carbonyl (C=O) groups excluding carboxylic acids is 2. The van der Waals surface area contributed by atoms with E-state index in [1.165, 1.54) is 17.3 Å². The Kier molecular flexibility index (Phi) is 9.39. The van der Waals surface area contributed by atoms with E-state index >= 15 is 0 Å². The molecule has 1 aliphatic heterocycles. The van der Waals surface area contributed by atoms with Gasteiger partial charge in [0.25, 0.3) is 11.8 Å². The quantitative estimate of drug-likeness (QED) is 0.253. The molecular weight excluding hydrogens is 496 g/mol. The zero-order chi connectivity index (χ0) is 27.1. The number of carbonyl (C=O) groups is 2. The van der Waals surface area contributed by atoms with Crippen LogP contribution in [0.4, 0.5) is 5.69 Å². The second-order valence-electron chi connectivity index (χ2n) is 9.07. The first kappa shape index (κ1) is 27.6. The van der Waals surface area contributed by atoms with Crippen molar-refractivity contribution in [3.05, 3.63) is 99.5 Å². The monoisotopic (exact) mass is 530 g/mol. The van der Waals surface area contributed by atoms with Crippen LogP contribution in [0.2, 0.25) is 0 Å². The minimum atomic E-state index is -0.471. The van der Waals surface area contributed by atoms with Gasteiger partial charge in [-0.15, -0.1) is 0 Å². The van der Waals surface area contributed by atoms with Gasteiger partial charge >= 0.3 is 0 Å². The van der Waals surface area contributed by atoms with Crippen LogP contribution in [-0.2, 0) is 20.8 Å². The van der Waals surface area contributed by atoms with Crippen molar-refractivity contribution in [2.45, 2.75) is 45.4 Å². The minimum Gasteiger partial charge on any atom is -0.351 e. The van der Waals surface area contributed by atoms with Crippen molar-refractivity contribution in [3.8, 4) is 0 Å². The molecule has 0 saturated heterocycles. The Bertz CT molecular complexity index is 1310. The standard InChI is InChI=1S/C31H34N2O4S/c1-5-36-29(37-6-2)19-32-30(34)24-15-13-23(14-16-24)18-28-31(35)33(26-9-7-8-10-27(26)38-28)20-25-17-21(3)11-12-22(25)4/h7-18,29H,5-6,19-20H2,1-4H3,(H,32,34)/b28-18+. The van der Waals surface area contributed by atoms with E-state index < -0.39 is 6.29 Å². The third-order valence-corrected chi connectivity index (χ3v) is 7.35. The number of rotatable bonds is 10. The van der Waals surface area contributed by atoms with E-state index in [0.717, 1.165) is 27.3 Å². The van der Waals surface area contributed by atoms with Crippen molar-refractivity contribution in [2.24, 2.45) is 0 Å². The molecule has 0 unspecified atom stereocenters. The molecule has 0 saturated carbocycles. The molecule has 0 aliphatic carbocycles. The summed E-state index contributed by atoms with van der Waals surface area (Å²) in [4.78, 5) is 29.8. The van der Waals surface area contributed by atoms with Gasteiger partial charge < -0.3 is 19.7 Å². The third kappa shape index (κ3) is 6.72. The lowest BCUT2D eigenvalue weighted by atomic mass is 10.0. The molecule has 0 radical (unpaired) electrons. The van der Waals surface area contributed by atoms with Crippen LogP contribution in [0.15, 0.2) is 76.5 Å². The largest absolute Gasteiger partial charge is 0.351 e. The molecule has 1 heterocycles. The van der Waals surface area contributed by atoms with Gasteiger partial charge in [0.15, 0.2) is 6.29 Å². The molecule has 3 aromatic carbocycles. The van der Waals surface area contributed by atoms with Crippen LogP contribution in [0.3, 0.4) is 0 Å². The van der Waals surface area contributed by atoms with Crippen LogP contribution < -0.4 is 10.2 Å². The zero-order valence-electron chi connectivity index (χ0n) is 22.3. The molecule has 0 fully saturated rings. The van der Waals surface area contributed by atoms with Gasteiger partial charge in [-0.1, -0.05) is 59.8 Å². The average molecular weight is 531 g/mol. The highest BCUT2D eigenvalue weighted by atomic mass is 32.2. The molecule has 6 nitrogen and oxygen atoms in total. The number of nitrogens with one attached hydrogen (secondary N) is 1. The summed E-state index contributed by atoms with van der Waals surface area (Å²) in [7, 11) is 0. The van der Waals surface area contributed by atoms with Gasteiger partial charge in [0.05, 0.1) is 23.7 Å². The number of nitrogens with zero attached hydrogens (tertiary/aromatic N) is 1. The van der Waals surface area contributed by atoms with Gasteiger partial charge in [0, 0.05) is 23.7 Å². The summed E-state index contributed by atoms with van der Waals surface area (Å²) in [5.74, 6) is -0.236. The number of anilines is 1. The van der Waals surface area contributed by atoms with Gasteiger partial charge in [0.2, 0.25) is 0 Å².